The van der Waals surface area contributed by atoms with Crippen LogP contribution in [-0.4, -0.2) is 54.2 Å². The van der Waals surface area contributed by atoms with E-state index in [1.165, 1.54) is 34.7 Å². The van der Waals surface area contributed by atoms with Gasteiger partial charge in [0.15, 0.2) is 0 Å². The SMILES string of the molecule is Cc1ccc(Sc2ccc(C(=O)N(C)CC(=O)N(C)C)cc2[N+](=O)[O-])cc1. The molecular formula is C19H21N3O4S. The molecule has 0 aliphatic heterocycles. The van der Waals surface area contributed by atoms with Crippen molar-refractivity contribution < 1.29 is 14.5 Å². The molecule has 2 aromatic rings. The Morgan fingerprint density at radius 2 is 1.70 bits per heavy atom. The van der Waals surface area contributed by atoms with E-state index in [1.807, 2.05) is 31.2 Å². The van der Waals surface area contributed by atoms with E-state index >= 15 is 0 Å². The summed E-state index contributed by atoms with van der Waals surface area (Å²) in [5, 5.41) is 11.5. The second-order valence-electron chi connectivity index (χ2n) is 6.30. The summed E-state index contributed by atoms with van der Waals surface area (Å²) in [6.07, 6.45) is 0. The maximum absolute atomic E-state index is 12.5. The fourth-order valence-corrected chi connectivity index (χ4v) is 3.15. The van der Waals surface area contributed by atoms with E-state index in [0.29, 0.717) is 4.90 Å². The van der Waals surface area contributed by atoms with Gasteiger partial charge in [-0.2, -0.15) is 0 Å². The normalized spacial score (nSPS) is 10.4. The third-order valence-corrected chi connectivity index (χ3v) is 4.94. The number of carbonyl (C=O) groups is 2. The predicted molar refractivity (Wildman–Crippen MR) is 104 cm³/mol. The Labute approximate surface area is 162 Å². The Kier molecular flexibility index (Phi) is 6.57. The minimum absolute atomic E-state index is 0.0977. The van der Waals surface area contributed by atoms with E-state index < -0.39 is 10.8 Å². The van der Waals surface area contributed by atoms with Crippen molar-refractivity contribution in [2.75, 3.05) is 27.7 Å². The van der Waals surface area contributed by atoms with Crippen molar-refractivity contribution in [3.05, 3.63) is 63.7 Å². The molecule has 27 heavy (non-hydrogen) atoms. The first-order valence-corrected chi connectivity index (χ1v) is 8.99. The second kappa shape index (κ2) is 8.68. The lowest BCUT2D eigenvalue weighted by atomic mass is 10.2. The van der Waals surface area contributed by atoms with Gasteiger partial charge in [0.2, 0.25) is 5.91 Å². The Bertz CT molecular complexity index is 866. The third kappa shape index (κ3) is 5.30. The Morgan fingerprint density at radius 3 is 2.26 bits per heavy atom. The molecule has 0 saturated heterocycles. The highest BCUT2D eigenvalue weighted by molar-refractivity contribution is 7.99. The molecule has 8 heteroatoms. The molecule has 142 valence electrons. The lowest BCUT2D eigenvalue weighted by Gasteiger charge is -2.19. The van der Waals surface area contributed by atoms with Crippen LogP contribution in [0.5, 0.6) is 0 Å². The summed E-state index contributed by atoms with van der Waals surface area (Å²) in [5.74, 6) is -0.674. The average Bonchev–Trinajstić information content (AvgIpc) is 2.62. The van der Waals surface area contributed by atoms with Gasteiger partial charge in [0.05, 0.1) is 16.4 Å². The van der Waals surface area contributed by atoms with Crippen LogP contribution in [0.3, 0.4) is 0 Å². The summed E-state index contributed by atoms with van der Waals surface area (Å²) in [5.41, 5.74) is 1.13. The number of nitro groups is 1. The first-order chi connectivity index (χ1) is 12.7. The second-order valence-corrected chi connectivity index (χ2v) is 7.42. The lowest BCUT2D eigenvalue weighted by molar-refractivity contribution is -0.387. The number of aryl methyl sites for hydroxylation is 1. The zero-order valence-corrected chi connectivity index (χ0v) is 16.4. The standard InChI is InChI=1S/C19H21N3O4S/c1-13-5-8-15(9-6-13)27-17-10-7-14(11-16(17)22(25)26)19(24)21(4)12-18(23)20(2)3/h5-11H,12H2,1-4H3. The molecule has 0 aliphatic rings. The van der Waals surface area contributed by atoms with Crippen molar-refractivity contribution in [2.45, 2.75) is 16.7 Å². The number of carbonyl (C=O) groups excluding carboxylic acids is 2. The molecule has 2 aromatic carbocycles. The van der Waals surface area contributed by atoms with Crippen molar-refractivity contribution in [1.82, 2.24) is 9.80 Å². The van der Waals surface area contributed by atoms with E-state index in [4.69, 9.17) is 0 Å². The smallest absolute Gasteiger partial charge is 0.284 e. The zero-order chi connectivity index (χ0) is 20.1. The highest BCUT2D eigenvalue weighted by Gasteiger charge is 2.21. The number of amides is 2. The molecule has 0 fully saturated rings. The largest absolute Gasteiger partial charge is 0.347 e. The lowest BCUT2D eigenvalue weighted by Crippen LogP contribution is -2.37. The van der Waals surface area contributed by atoms with Gasteiger partial charge in [-0.25, -0.2) is 0 Å². The van der Waals surface area contributed by atoms with E-state index in [0.717, 1.165) is 10.5 Å². The molecule has 0 N–H and O–H groups in total. The van der Waals surface area contributed by atoms with E-state index in [2.05, 4.69) is 0 Å². The summed E-state index contributed by atoms with van der Waals surface area (Å²) >= 11 is 1.27. The Morgan fingerprint density at radius 1 is 1.07 bits per heavy atom. The Hall–Kier alpha value is -2.87. The highest BCUT2D eigenvalue weighted by Crippen LogP contribution is 2.35. The number of nitro benzene ring substituents is 1. The molecule has 0 spiro atoms. The molecule has 0 unspecified atom stereocenters. The van der Waals surface area contributed by atoms with Crippen molar-refractivity contribution in [3.8, 4) is 0 Å². The van der Waals surface area contributed by atoms with Gasteiger partial charge < -0.3 is 9.80 Å². The minimum atomic E-state index is -0.502. The molecule has 7 nitrogen and oxygen atoms in total. The van der Waals surface area contributed by atoms with Gasteiger partial charge in [-0.3, -0.25) is 19.7 Å². The van der Waals surface area contributed by atoms with Gasteiger partial charge in [-0.15, -0.1) is 0 Å². The average molecular weight is 387 g/mol. The number of likely N-dealkylation sites (N-methyl/N-ethyl adjacent to an activating group) is 2. The van der Waals surface area contributed by atoms with Crippen LogP contribution in [-0.2, 0) is 4.79 Å². The zero-order valence-electron chi connectivity index (χ0n) is 15.6. The molecule has 2 rings (SSSR count). The van der Waals surface area contributed by atoms with Crippen LogP contribution >= 0.6 is 11.8 Å². The highest BCUT2D eigenvalue weighted by atomic mass is 32.2. The van der Waals surface area contributed by atoms with Gasteiger partial charge in [0.25, 0.3) is 11.6 Å². The molecule has 0 heterocycles. The van der Waals surface area contributed by atoms with Crippen LogP contribution in [0.15, 0.2) is 52.3 Å². The van der Waals surface area contributed by atoms with Gasteiger partial charge in [-0.05, 0) is 31.2 Å². The van der Waals surface area contributed by atoms with Crippen LogP contribution in [0.25, 0.3) is 0 Å². The molecule has 0 aromatic heterocycles. The predicted octanol–water partition coefficient (Wildman–Crippen LogP) is 3.21. The fraction of sp³-hybridized carbons (Fsp3) is 0.263. The van der Waals surface area contributed by atoms with E-state index in [1.54, 1.807) is 26.2 Å². The van der Waals surface area contributed by atoms with Gasteiger partial charge >= 0.3 is 0 Å². The first-order valence-electron chi connectivity index (χ1n) is 8.17. The maximum Gasteiger partial charge on any atom is 0.284 e. The van der Waals surface area contributed by atoms with Crippen LogP contribution in [0.4, 0.5) is 5.69 Å². The number of hydrogen-bond acceptors (Lipinski definition) is 5. The molecule has 0 bridgehead atoms. The molecule has 0 radical (unpaired) electrons. The summed E-state index contributed by atoms with van der Waals surface area (Å²) < 4.78 is 0. The summed E-state index contributed by atoms with van der Waals surface area (Å²) in [4.78, 5) is 39.2. The topological polar surface area (TPSA) is 83.8 Å². The van der Waals surface area contributed by atoms with Crippen molar-refractivity contribution in [1.29, 1.82) is 0 Å². The van der Waals surface area contributed by atoms with Gasteiger partial charge in [-0.1, -0.05) is 29.5 Å². The summed E-state index contributed by atoms with van der Waals surface area (Å²) in [6.45, 7) is 1.87. The van der Waals surface area contributed by atoms with E-state index in [-0.39, 0.29) is 23.7 Å². The molecular weight excluding hydrogens is 366 g/mol. The number of rotatable bonds is 6. The minimum Gasteiger partial charge on any atom is -0.347 e. The number of hydrogen-bond donors (Lipinski definition) is 0. The molecule has 2 amide bonds. The fourth-order valence-electron chi connectivity index (χ4n) is 2.25. The first kappa shape index (κ1) is 20.4. The Balaban J connectivity index is 2.26. The quantitative estimate of drug-likeness (QED) is 0.561. The van der Waals surface area contributed by atoms with Gasteiger partial charge in [0, 0.05) is 37.7 Å². The third-order valence-electron chi connectivity index (χ3n) is 3.87. The van der Waals surface area contributed by atoms with Crippen LogP contribution < -0.4 is 0 Å². The molecule has 0 atom stereocenters. The van der Waals surface area contributed by atoms with Crippen LogP contribution in [0.2, 0.25) is 0 Å². The number of nitrogens with zero attached hydrogens (tertiary/aromatic N) is 3. The summed E-state index contributed by atoms with van der Waals surface area (Å²) in [6, 6.07) is 12.0. The van der Waals surface area contributed by atoms with Crippen molar-refractivity contribution >= 4 is 29.3 Å². The van der Waals surface area contributed by atoms with Crippen LogP contribution in [0, 0.1) is 17.0 Å². The van der Waals surface area contributed by atoms with Crippen molar-refractivity contribution in [2.24, 2.45) is 0 Å². The van der Waals surface area contributed by atoms with Crippen molar-refractivity contribution in [3.63, 3.8) is 0 Å². The monoisotopic (exact) mass is 387 g/mol. The maximum atomic E-state index is 12.5. The van der Waals surface area contributed by atoms with E-state index in [9.17, 15) is 19.7 Å². The molecule has 0 aliphatic carbocycles. The molecule has 0 saturated carbocycles. The van der Waals surface area contributed by atoms with Crippen LogP contribution in [0.1, 0.15) is 15.9 Å². The summed E-state index contributed by atoms with van der Waals surface area (Å²) in [7, 11) is 4.69. The van der Waals surface area contributed by atoms with Gasteiger partial charge in [0.1, 0.15) is 0 Å². The number of benzene rings is 2.